The lowest BCUT2D eigenvalue weighted by atomic mass is 10.2. The Balaban J connectivity index is 2.74. The molecular formula is C10H13NOS. The molecule has 0 spiro atoms. The van der Waals surface area contributed by atoms with E-state index in [1.807, 2.05) is 37.4 Å². The average Bonchev–Trinajstić information content (AvgIpc) is 2.18. The van der Waals surface area contributed by atoms with Crippen LogP contribution >= 0.6 is 11.8 Å². The van der Waals surface area contributed by atoms with Crippen LogP contribution in [0.4, 0.5) is 0 Å². The van der Waals surface area contributed by atoms with E-state index < -0.39 is 0 Å². The molecule has 0 atom stereocenters. The van der Waals surface area contributed by atoms with E-state index in [1.54, 1.807) is 11.8 Å². The van der Waals surface area contributed by atoms with Gasteiger partial charge in [-0.1, -0.05) is 0 Å². The van der Waals surface area contributed by atoms with Crippen molar-refractivity contribution in [2.45, 2.75) is 11.8 Å². The topological polar surface area (TPSA) is 33.1 Å². The van der Waals surface area contributed by atoms with E-state index >= 15 is 0 Å². The monoisotopic (exact) mass is 195 g/mol. The van der Waals surface area contributed by atoms with Gasteiger partial charge in [-0.15, -0.1) is 11.8 Å². The molecule has 1 rings (SSSR count). The normalized spacial score (nSPS) is 9.69. The Labute approximate surface area is 82.8 Å². The van der Waals surface area contributed by atoms with Crippen molar-refractivity contribution in [1.29, 1.82) is 5.41 Å². The standard InChI is InChI=1S/C10H13NOS/c1-3-12-10(11)8-4-6-9(13-2)7-5-8/h4-7,11H,3H2,1-2H3. The van der Waals surface area contributed by atoms with Gasteiger partial charge in [-0.3, -0.25) is 5.41 Å². The first kappa shape index (κ1) is 10.1. The molecule has 0 aliphatic rings. The van der Waals surface area contributed by atoms with Gasteiger partial charge in [-0.25, -0.2) is 0 Å². The second-order valence-corrected chi connectivity index (χ2v) is 3.37. The smallest absolute Gasteiger partial charge is 0.213 e. The second kappa shape index (κ2) is 4.92. The summed E-state index contributed by atoms with van der Waals surface area (Å²) in [4.78, 5) is 1.20. The minimum atomic E-state index is 0.246. The van der Waals surface area contributed by atoms with E-state index in [0.717, 1.165) is 5.56 Å². The van der Waals surface area contributed by atoms with Gasteiger partial charge in [0.1, 0.15) is 0 Å². The van der Waals surface area contributed by atoms with Crippen LogP contribution in [0.5, 0.6) is 0 Å². The predicted octanol–water partition coefficient (Wildman–Crippen LogP) is 2.77. The summed E-state index contributed by atoms with van der Waals surface area (Å²) in [6.45, 7) is 2.42. The molecule has 0 unspecified atom stereocenters. The molecule has 0 aliphatic heterocycles. The second-order valence-electron chi connectivity index (χ2n) is 2.49. The van der Waals surface area contributed by atoms with Crippen molar-refractivity contribution in [1.82, 2.24) is 0 Å². The molecule has 0 heterocycles. The summed E-state index contributed by atoms with van der Waals surface area (Å²) in [6, 6.07) is 7.80. The lowest BCUT2D eigenvalue weighted by molar-refractivity contribution is 0.325. The Bertz CT molecular complexity index is 281. The summed E-state index contributed by atoms with van der Waals surface area (Å²) in [5.74, 6) is 0.246. The first-order valence-electron chi connectivity index (χ1n) is 4.13. The summed E-state index contributed by atoms with van der Waals surface area (Å²) in [7, 11) is 0. The van der Waals surface area contributed by atoms with E-state index in [1.165, 1.54) is 4.90 Å². The van der Waals surface area contributed by atoms with Crippen LogP contribution < -0.4 is 0 Å². The first-order chi connectivity index (χ1) is 6.27. The Hall–Kier alpha value is -0.960. The molecule has 3 heteroatoms. The summed E-state index contributed by atoms with van der Waals surface area (Å²) >= 11 is 1.69. The number of benzene rings is 1. The molecule has 2 nitrogen and oxygen atoms in total. The SMILES string of the molecule is CCOC(=N)c1ccc(SC)cc1. The number of thioether (sulfide) groups is 1. The van der Waals surface area contributed by atoms with Crippen LogP contribution in [0.25, 0.3) is 0 Å². The third-order valence-corrected chi connectivity index (χ3v) is 2.38. The maximum absolute atomic E-state index is 7.53. The van der Waals surface area contributed by atoms with E-state index in [4.69, 9.17) is 10.1 Å². The van der Waals surface area contributed by atoms with Crippen LogP contribution in [-0.2, 0) is 4.74 Å². The van der Waals surface area contributed by atoms with Crippen molar-refractivity contribution >= 4 is 17.7 Å². The summed E-state index contributed by atoms with van der Waals surface area (Å²) in [6.07, 6.45) is 2.03. The van der Waals surface area contributed by atoms with Gasteiger partial charge in [0.05, 0.1) is 6.61 Å². The number of ether oxygens (including phenoxy) is 1. The molecule has 1 aromatic carbocycles. The van der Waals surface area contributed by atoms with Crippen molar-refractivity contribution < 1.29 is 4.74 Å². The molecule has 0 saturated heterocycles. The fourth-order valence-corrected chi connectivity index (χ4v) is 1.38. The maximum atomic E-state index is 7.53. The fourth-order valence-electron chi connectivity index (χ4n) is 0.970. The first-order valence-corrected chi connectivity index (χ1v) is 5.36. The van der Waals surface area contributed by atoms with Gasteiger partial charge in [0, 0.05) is 10.5 Å². The molecular weight excluding hydrogens is 182 g/mol. The summed E-state index contributed by atoms with van der Waals surface area (Å²) in [5, 5.41) is 7.53. The Kier molecular flexibility index (Phi) is 3.83. The van der Waals surface area contributed by atoms with Gasteiger partial charge in [0.15, 0.2) is 0 Å². The fraction of sp³-hybridized carbons (Fsp3) is 0.300. The van der Waals surface area contributed by atoms with Crippen LogP contribution in [0.15, 0.2) is 29.2 Å². The zero-order valence-corrected chi connectivity index (χ0v) is 8.65. The molecule has 0 saturated carbocycles. The molecule has 0 aliphatic carbocycles. The van der Waals surface area contributed by atoms with Crippen LogP contribution in [0.1, 0.15) is 12.5 Å². The molecule has 0 radical (unpaired) electrons. The van der Waals surface area contributed by atoms with Crippen molar-refractivity contribution in [2.24, 2.45) is 0 Å². The summed E-state index contributed by atoms with van der Waals surface area (Å²) in [5.41, 5.74) is 0.833. The van der Waals surface area contributed by atoms with Crippen molar-refractivity contribution in [3.63, 3.8) is 0 Å². The molecule has 0 bridgehead atoms. The van der Waals surface area contributed by atoms with E-state index in [-0.39, 0.29) is 5.90 Å². The molecule has 1 N–H and O–H groups in total. The number of hydrogen-bond donors (Lipinski definition) is 1. The highest BCUT2D eigenvalue weighted by Gasteiger charge is 2.00. The minimum Gasteiger partial charge on any atom is -0.478 e. The highest BCUT2D eigenvalue weighted by atomic mass is 32.2. The van der Waals surface area contributed by atoms with Crippen LogP contribution in [-0.4, -0.2) is 18.8 Å². The van der Waals surface area contributed by atoms with Crippen molar-refractivity contribution in [3.05, 3.63) is 29.8 Å². The minimum absolute atomic E-state index is 0.246. The van der Waals surface area contributed by atoms with Gasteiger partial charge < -0.3 is 4.74 Å². The van der Waals surface area contributed by atoms with Crippen LogP contribution in [0.2, 0.25) is 0 Å². The van der Waals surface area contributed by atoms with Crippen LogP contribution in [0.3, 0.4) is 0 Å². The molecule has 0 amide bonds. The van der Waals surface area contributed by atoms with E-state index in [9.17, 15) is 0 Å². The maximum Gasteiger partial charge on any atom is 0.213 e. The number of nitrogens with one attached hydrogen (secondary N) is 1. The number of hydrogen-bond acceptors (Lipinski definition) is 3. The lowest BCUT2D eigenvalue weighted by Crippen LogP contribution is -2.03. The van der Waals surface area contributed by atoms with Gasteiger partial charge in [0.2, 0.25) is 5.90 Å². The van der Waals surface area contributed by atoms with E-state index in [0.29, 0.717) is 6.61 Å². The highest BCUT2D eigenvalue weighted by Crippen LogP contribution is 2.15. The summed E-state index contributed by atoms with van der Waals surface area (Å²) < 4.78 is 5.08. The molecule has 0 fully saturated rings. The van der Waals surface area contributed by atoms with Gasteiger partial charge in [0.25, 0.3) is 0 Å². The largest absolute Gasteiger partial charge is 0.478 e. The Morgan fingerprint density at radius 2 is 2.00 bits per heavy atom. The van der Waals surface area contributed by atoms with Crippen molar-refractivity contribution in [2.75, 3.05) is 12.9 Å². The molecule has 70 valence electrons. The Morgan fingerprint density at radius 1 is 1.38 bits per heavy atom. The van der Waals surface area contributed by atoms with E-state index in [2.05, 4.69) is 0 Å². The molecule has 0 aromatic heterocycles. The van der Waals surface area contributed by atoms with Crippen molar-refractivity contribution in [3.8, 4) is 0 Å². The molecule has 13 heavy (non-hydrogen) atoms. The van der Waals surface area contributed by atoms with Gasteiger partial charge >= 0.3 is 0 Å². The van der Waals surface area contributed by atoms with Gasteiger partial charge in [-0.05, 0) is 37.4 Å². The third kappa shape index (κ3) is 2.77. The predicted molar refractivity (Wildman–Crippen MR) is 56.7 cm³/mol. The Morgan fingerprint density at radius 3 is 2.46 bits per heavy atom. The number of rotatable bonds is 3. The molecule has 1 aromatic rings. The van der Waals surface area contributed by atoms with Crippen LogP contribution in [0, 0.1) is 5.41 Å². The third-order valence-electron chi connectivity index (χ3n) is 1.64. The van der Waals surface area contributed by atoms with Gasteiger partial charge in [-0.2, -0.15) is 0 Å². The lowest BCUT2D eigenvalue weighted by Gasteiger charge is -2.04. The quantitative estimate of drug-likeness (QED) is 0.457. The highest BCUT2D eigenvalue weighted by molar-refractivity contribution is 7.98. The zero-order chi connectivity index (χ0) is 9.68. The average molecular weight is 195 g/mol. The zero-order valence-electron chi connectivity index (χ0n) is 7.83.